The average molecular weight is 226 g/mol. The van der Waals surface area contributed by atoms with Gasteiger partial charge in [-0.25, -0.2) is 4.99 Å². The molecule has 0 aliphatic carbocycles. The van der Waals surface area contributed by atoms with Crippen molar-refractivity contribution in [3.63, 3.8) is 0 Å². The topological polar surface area (TPSA) is 61.9 Å². The predicted octanol–water partition coefficient (Wildman–Crippen LogP) is 0.781. The van der Waals surface area contributed by atoms with Gasteiger partial charge in [0.25, 0.3) is 5.91 Å². The molecule has 0 unspecified atom stereocenters. The normalized spacial score (nSPS) is 20.4. The van der Waals surface area contributed by atoms with Gasteiger partial charge in [0, 0.05) is 18.6 Å². The highest BCUT2D eigenvalue weighted by molar-refractivity contribution is 6.43. The number of fused-ring (bicyclic) bond motifs is 2. The molecule has 0 aromatic carbocycles. The van der Waals surface area contributed by atoms with E-state index < -0.39 is 5.91 Å². The summed E-state index contributed by atoms with van der Waals surface area (Å²) < 4.78 is 0. The number of nitrogens with two attached hydrogens (primary N) is 1. The van der Waals surface area contributed by atoms with E-state index in [9.17, 15) is 4.79 Å². The summed E-state index contributed by atoms with van der Waals surface area (Å²) in [5.41, 5.74) is 6.51. The first kappa shape index (κ1) is 9.65. The molecule has 84 valence electrons. The Kier molecular flexibility index (Phi) is 1.98. The Bertz CT molecular complexity index is 563. The van der Waals surface area contributed by atoms with E-state index in [1.54, 1.807) is 12.3 Å². The summed E-state index contributed by atoms with van der Waals surface area (Å²) in [5, 5.41) is 0. The SMILES string of the molecule is NC(=O)C1=NC2=CN3C=CC=CC3=CN2C=C1. The molecule has 3 heterocycles. The molecule has 0 fully saturated rings. The van der Waals surface area contributed by atoms with Crippen molar-refractivity contribution >= 4 is 11.6 Å². The molecule has 0 atom stereocenters. The smallest absolute Gasteiger partial charge is 0.267 e. The van der Waals surface area contributed by atoms with Gasteiger partial charge in [-0.15, -0.1) is 0 Å². The van der Waals surface area contributed by atoms with Gasteiger partial charge >= 0.3 is 0 Å². The van der Waals surface area contributed by atoms with Crippen LogP contribution in [-0.4, -0.2) is 21.4 Å². The van der Waals surface area contributed by atoms with E-state index in [2.05, 4.69) is 4.99 Å². The largest absolute Gasteiger partial charge is 0.364 e. The zero-order valence-electron chi connectivity index (χ0n) is 8.95. The first-order chi connectivity index (χ1) is 8.24. The number of rotatable bonds is 1. The molecule has 0 saturated carbocycles. The fourth-order valence-corrected chi connectivity index (χ4v) is 1.75. The third-order valence-corrected chi connectivity index (χ3v) is 2.59. The summed E-state index contributed by atoms with van der Waals surface area (Å²) in [7, 11) is 0. The standard InChI is InChI=1S/C12H10N4O/c13-12(17)10-4-6-16-7-9-3-1-2-5-15(9)8-11(16)14-10/h1-8H,(H2,13,17). The lowest BCUT2D eigenvalue weighted by Crippen LogP contribution is -2.29. The van der Waals surface area contributed by atoms with E-state index in [0.717, 1.165) is 5.70 Å². The maximum absolute atomic E-state index is 11.1. The molecule has 3 aliphatic rings. The Morgan fingerprint density at radius 1 is 1.12 bits per heavy atom. The van der Waals surface area contributed by atoms with Crippen molar-refractivity contribution in [3.8, 4) is 0 Å². The van der Waals surface area contributed by atoms with Gasteiger partial charge in [0.05, 0.1) is 11.9 Å². The van der Waals surface area contributed by atoms with Crippen LogP contribution in [0.3, 0.4) is 0 Å². The van der Waals surface area contributed by atoms with Crippen LogP contribution >= 0.6 is 0 Å². The van der Waals surface area contributed by atoms with E-state index in [1.165, 1.54) is 0 Å². The van der Waals surface area contributed by atoms with Crippen LogP contribution in [0.2, 0.25) is 0 Å². The van der Waals surface area contributed by atoms with Crippen LogP contribution in [0.15, 0.2) is 65.6 Å². The number of allylic oxidation sites excluding steroid dienone is 3. The van der Waals surface area contributed by atoms with E-state index in [1.807, 2.05) is 46.6 Å². The number of hydrogen-bond acceptors (Lipinski definition) is 4. The second kappa shape index (κ2) is 3.48. The predicted molar refractivity (Wildman–Crippen MR) is 63.9 cm³/mol. The highest BCUT2D eigenvalue weighted by Gasteiger charge is 2.20. The fourth-order valence-electron chi connectivity index (χ4n) is 1.75. The van der Waals surface area contributed by atoms with Crippen LogP contribution in [0.25, 0.3) is 0 Å². The lowest BCUT2D eigenvalue weighted by Gasteiger charge is -2.31. The first-order valence-corrected chi connectivity index (χ1v) is 5.16. The second-order valence-corrected chi connectivity index (χ2v) is 3.73. The summed E-state index contributed by atoms with van der Waals surface area (Å²) >= 11 is 0. The first-order valence-electron chi connectivity index (χ1n) is 5.16. The highest BCUT2D eigenvalue weighted by Crippen LogP contribution is 2.25. The summed E-state index contributed by atoms with van der Waals surface area (Å²) in [6, 6.07) is 0. The molecular weight excluding hydrogens is 216 g/mol. The molecule has 5 heteroatoms. The lowest BCUT2D eigenvalue weighted by atomic mass is 10.2. The molecule has 17 heavy (non-hydrogen) atoms. The number of hydrogen-bond donors (Lipinski definition) is 1. The Balaban J connectivity index is 1.99. The maximum atomic E-state index is 11.1. The Hall–Kier alpha value is -2.56. The third-order valence-electron chi connectivity index (χ3n) is 2.59. The van der Waals surface area contributed by atoms with Crippen molar-refractivity contribution in [2.45, 2.75) is 0 Å². The molecule has 0 spiro atoms. The van der Waals surface area contributed by atoms with Crippen molar-refractivity contribution in [3.05, 3.63) is 60.6 Å². The van der Waals surface area contributed by atoms with E-state index in [-0.39, 0.29) is 5.71 Å². The van der Waals surface area contributed by atoms with Crippen LogP contribution < -0.4 is 5.73 Å². The minimum atomic E-state index is -0.523. The number of primary amides is 1. The van der Waals surface area contributed by atoms with E-state index in [0.29, 0.717) is 5.82 Å². The van der Waals surface area contributed by atoms with Crippen molar-refractivity contribution < 1.29 is 4.79 Å². The average Bonchev–Trinajstić information content (AvgIpc) is 2.35. The molecule has 0 radical (unpaired) electrons. The number of aliphatic imine (C=N–C) groups is 1. The molecule has 0 saturated heterocycles. The fraction of sp³-hybridized carbons (Fsp3) is 0. The molecule has 5 nitrogen and oxygen atoms in total. The van der Waals surface area contributed by atoms with Gasteiger partial charge in [-0.3, -0.25) is 4.79 Å². The molecule has 2 N–H and O–H groups in total. The van der Waals surface area contributed by atoms with E-state index >= 15 is 0 Å². The van der Waals surface area contributed by atoms with Crippen LogP contribution in [0, 0.1) is 0 Å². The van der Waals surface area contributed by atoms with Crippen LogP contribution in [0.1, 0.15) is 0 Å². The highest BCUT2D eigenvalue weighted by atomic mass is 16.1. The molecule has 3 aliphatic heterocycles. The van der Waals surface area contributed by atoms with Gasteiger partial charge < -0.3 is 15.5 Å². The molecule has 3 rings (SSSR count). The summed E-state index contributed by atoms with van der Waals surface area (Å²) in [6.45, 7) is 0. The quantitative estimate of drug-likeness (QED) is 0.718. The van der Waals surface area contributed by atoms with Crippen molar-refractivity contribution in [2.24, 2.45) is 10.7 Å². The monoisotopic (exact) mass is 226 g/mol. The molecule has 0 bridgehead atoms. The van der Waals surface area contributed by atoms with Crippen molar-refractivity contribution in [1.29, 1.82) is 0 Å². The Morgan fingerprint density at radius 3 is 2.82 bits per heavy atom. The van der Waals surface area contributed by atoms with Gasteiger partial charge in [-0.2, -0.15) is 0 Å². The summed E-state index contributed by atoms with van der Waals surface area (Å²) in [4.78, 5) is 19.0. The van der Waals surface area contributed by atoms with Crippen LogP contribution in [-0.2, 0) is 4.79 Å². The number of carbonyl (C=O) groups is 1. The molecular formula is C12H10N4O. The van der Waals surface area contributed by atoms with Crippen LogP contribution in [0.4, 0.5) is 0 Å². The van der Waals surface area contributed by atoms with Crippen molar-refractivity contribution in [1.82, 2.24) is 9.80 Å². The molecule has 0 aromatic rings. The van der Waals surface area contributed by atoms with Gasteiger partial charge in [0.15, 0.2) is 5.82 Å². The number of carbonyl (C=O) groups excluding carboxylic acids is 1. The van der Waals surface area contributed by atoms with Gasteiger partial charge in [0.1, 0.15) is 5.71 Å². The molecule has 0 aromatic heterocycles. The number of amides is 1. The Labute approximate surface area is 98.2 Å². The summed E-state index contributed by atoms with van der Waals surface area (Å²) in [5.74, 6) is 0.149. The minimum Gasteiger partial charge on any atom is -0.364 e. The minimum absolute atomic E-state index is 0.265. The van der Waals surface area contributed by atoms with Gasteiger partial charge in [0.2, 0.25) is 0 Å². The zero-order valence-corrected chi connectivity index (χ0v) is 8.95. The van der Waals surface area contributed by atoms with E-state index in [4.69, 9.17) is 5.73 Å². The molecule has 1 amide bonds. The van der Waals surface area contributed by atoms with Gasteiger partial charge in [-0.05, 0) is 18.2 Å². The lowest BCUT2D eigenvalue weighted by molar-refractivity contribution is -0.111. The van der Waals surface area contributed by atoms with Gasteiger partial charge in [-0.1, -0.05) is 6.08 Å². The number of nitrogens with zero attached hydrogens (tertiary/aromatic N) is 3. The third kappa shape index (κ3) is 1.57. The van der Waals surface area contributed by atoms with Crippen LogP contribution in [0.5, 0.6) is 0 Å². The second-order valence-electron chi connectivity index (χ2n) is 3.73. The summed E-state index contributed by atoms with van der Waals surface area (Å²) in [6.07, 6.45) is 15.0. The maximum Gasteiger partial charge on any atom is 0.267 e. The Morgan fingerprint density at radius 2 is 2.00 bits per heavy atom. The van der Waals surface area contributed by atoms with Crippen molar-refractivity contribution in [2.75, 3.05) is 0 Å². The zero-order chi connectivity index (χ0) is 11.8.